The zero-order chi connectivity index (χ0) is 11.4. The van der Waals surface area contributed by atoms with Crippen LogP contribution >= 0.6 is 0 Å². The molecule has 0 aliphatic heterocycles. The van der Waals surface area contributed by atoms with Crippen molar-refractivity contribution in [3.8, 4) is 0 Å². The molecule has 0 radical (unpaired) electrons. The lowest BCUT2D eigenvalue weighted by atomic mass is 10.0. The predicted octanol–water partition coefficient (Wildman–Crippen LogP) is 0.835. The lowest BCUT2D eigenvalue weighted by Crippen LogP contribution is -2.37. The van der Waals surface area contributed by atoms with Crippen LogP contribution < -0.4 is 5.73 Å². The van der Waals surface area contributed by atoms with Gasteiger partial charge in [-0.3, -0.25) is 4.90 Å². The first kappa shape index (κ1) is 12.2. The summed E-state index contributed by atoms with van der Waals surface area (Å²) in [5, 5.41) is 0. The number of nitrogens with two attached hydrogens (primary N) is 1. The van der Waals surface area contributed by atoms with E-state index in [0.29, 0.717) is 12.0 Å². The molecule has 1 rings (SSSR count). The van der Waals surface area contributed by atoms with Gasteiger partial charge in [0.15, 0.2) is 0 Å². The maximum Gasteiger partial charge on any atom is 0.122 e. The van der Waals surface area contributed by atoms with Crippen LogP contribution in [0.4, 0.5) is 0 Å². The Labute approximate surface area is 92.1 Å². The monoisotopic (exact) mass is 210 g/mol. The molecule has 15 heavy (non-hydrogen) atoms. The van der Waals surface area contributed by atoms with Crippen LogP contribution in [0.2, 0.25) is 0 Å². The van der Waals surface area contributed by atoms with Crippen LogP contribution in [0.3, 0.4) is 0 Å². The van der Waals surface area contributed by atoms with Gasteiger partial charge in [0, 0.05) is 25.5 Å². The van der Waals surface area contributed by atoms with E-state index in [0.717, 1.165) is 18.9 Å². The number of hydrogen-bond acceptors (Lipinski definition) is 3. The summed E-state index contributed by atoms with van der Waals surface area (Å²) in [7, 11) is 4.14. The molecule has 2 N–H and O–H groups in total. The van der Waals surface area contributed by atoms with Gasteiger partial charge in [0.2, 0.25) is 0 Å². The highest BCUT2D eigenvalue weighted by atomic mass is 15.2. The Morgan fingerprint density at radius 2 is 2.20 bits per heavy atom. The largest absolute Gasteiger partial charge is 0.337 e. The van der Waals surface area contributed by atoms with E-state index in [1.54, 1.807) is 0 Å². The summed E-state index contributed by atoms with van der Waals surface area (Å²) >= 11 is 0. The van der Waals surface area contributed by atoms with E-state index in [-0.39, 0.29) is 0 Å². The van der Waals surface area contributed by atoms with Gasteiger partial charge in [-0.1, -0.05) is 6.92 Å². The molecule has 0 bridgehead atoms. The molecule has 1 heterocycles. The Morgan fingerprint density at radius 1 is 1.53 bits per heavy atom. The average molecular weight is 210 g/mol. The molecule has 4 nitrogen and oxygen atoms in total. The number of nitrogens with zero attached hydrogens (tertiary/aromatic N) is 3. The molecule has 0 aliphatic carbocycles. The molecule has 4 heteroatoms. The highest BCUT2D eigenvalue weighted by molar-refractivity contribution is 4.91. The van der Waals surface area contributed by atoms with Crippen LogP contribution in [0.15, 0.2) is 12.4 Å². The molecule has 0 saturated carbocycles. The minimum atomic E-state index is 0.478. The van der Waals surface area contributed by atoms with Crippen LogP contribution in [0.25, 0.3) is 0 Å². The van der Waals surface area contributed by atoms with Gasteiger partial charge < -0.3 is 10.3 Å². The minimum absolute atomic E-state index is 0.478. The Hall–Kier alpha value is -0.870. The Morgan fingerprint density at radius 3 is 2.67 bits per heavy atom. The summed E-state index contributed by atoms with van der Waals surface area (Å²) < 4.78 is 2.05. The van der Waals surface area contributed by atoms with E-state index in [1.807, 2.05) is 19.4 Å². The first-order valence-electron chi connectivity index (χ1n) is 5.42. The quantitative estimate of drug-likeness (QED) is 0.783. The summed E-state index contributed by atoms with van der Waals surface area (Å²) in [6.45, 7) is 5.99. The van der Waals surface area contributed by atoms with Gasteiger partial charge in [0.1, 0.15) is 5.82 Å². The molecule has 86 valence electrons. The Kier molecular flexibility index (Phi) is 4.29. The van der Waals surface area contributed by atoms with Gasteiger partial charge in [0.05, 0.1) is 6.54 Å². The summed E-state index contributed by atoms with van der Waals surface area (Å²) in [5.74, 6) is 1.60. The van der Waals surface area contributed by atoms with Crippen LogP contribution in [0, 0.1) is 5.92 Å². The van der Waals surface area contributed by atoms with Crippen LogP contribution in [-0.2, 0) is 13.6 Å². The smallest absolute Gasteiger partial charge is 0.122 e. The van der Waals surface area contributed by atoms with Crippen molar-refractivity contribution in [2.45, 2.75) is 26.4 Å². The van der Waals surface area contributed by atoms with Gasteiger partial charge >= 0.3 is 0 Å². The summed E-state index contributed by atoms with van der Waals surface area (Å²) in [6.07, 6.45) is 3.81. The molecule has 0 aromatic carbocycles. The summed E-state index contributed by atoms with van der Waals surface area (Å²) in [6, 6.07) is 0.478. The molecule has 0 amide bonds. The topological polar surface area (TPSA) is 47.1 Å². The second-order valence-corrected chi connectivity index (χ2v) is 4.32. The molecule has 1 aromatic rings. The number of aromatic nitrogens is 2. The van der Waals surface area contributed by atoms with E-state index in [2.05, 4.69) is 35.3 Å². The Bertz CT molecular complexity index is 295. The fourth-order valence-corrected chi connectivity index (χ4v) is 1.55. The van der Waals surface area contributed by atoms with Gasteiger partial charge in [-0.25, -0.2) is 4.98 Å². The first-order chi connectivity index (χ1) is 7.06. The van der Waals surface area contributed by atoms with E-state index in [4.69, 9.17) is 5.73 Å². The van der Waals surface area contributed by atoms with Crippen molar-refractivity contribution in [3.05, 3.63) is 18.2 Å². The maximum atomic E-state index is 5.67. The molecule has 0 aliphatic rings. The molecule has 0 fully saturated rings. The first-order valence-corrected chi connectivity index (χ1v) is 5.42. The molecule has 0 saturated heterocycles. The predicted molar refractivity (Wildman–Crippen MR) is 62.4 cm³/mol. The molecule has 2 atom stereocenters. The van der Waals surface area contributed by atoms with E-state index >= 15 is 0 Å². The van der Waals surface area contributed by atoms with Crippen LogP contribution in [-0.4, -0.2) is 34.1 Å². The van der Waals surface area contributed by atoms with E-state index < -0.39 is 0 Å². The van der Waals surface area contributed by atoms with Crippen molar-refractivity contribution in [2.24, 2.45) is 18.7 Å². The van der Waals surface area contributed by atoms with Crippen molar-refractivity contribution in [2.75, 3.05) is 13.6 Å². The zero-order valence-corrected chi connectivity index (χ0v) is 10.1. The highest BCUT2D eigenvalue weighted by Gasteiger charge is 2.16. The second kappa shape index (κ2) is 5.28. The molecule has 0 spiro atoms. The van der Waals surface area contributed by atoms with Gasteiger partial charge in [-0.05, 0) is 26.4 Å². The normalized spacial score (nSPS) is 15.6. The average Bonchev–Trinajstić information content (AvgIpc) is 2.62. The SMILES string of the molecule is CC(CN)C(C)N(C)Cc1nccn1C. The van der Waals surface area contributed by atoms with Crippen LogP contribution in [0.1, 0.15) is 19.7 Å². The van der Waals surface area contributed by atoms with Gasteiger partial charge in [0.25, 0.3) is 0 Å². The third kappa shape index (κ3) is 3.04. The van der Waals surface area contributed by atoms with E-state index in [1.165, 1.54) is 0 Å². The summed E-state index contributed by atoms with van der Waals surface area (Å²) in [4.78, 5) is 6.60. The zero-order valence-electron chi connectivity index (χ0n) is 10.1. The fraction of sp³-hybridized carbons (Fsp3) is 0.727. The van der Waals surface area contributed by atoms with E-state index in [9.17, 15) is 0 Å². The van der Waals surface area contributed by atoms with Gasteiger partial charge in [-0.2, -0.15) is 0 Å². The number of imidazole rings is 1. The molecular weight excluding hydrogens is 188 g/mol. The number of aryl methyl sites for hydroxylation is 1. The Balaban J connectivity index is 2.55. The number of hydrogen-bond donors (Lipinski definition) is 1. The van der Waals surface area contributed by atoms with Crippen molar-refractivity contribution < 1.29 is 0 Å². The molecule has 1 aromatic heterocycles. The minimum Gasteiger partial charge on any atom is -0.337 e. The van der Waals surface area contributed by atoms with Crippen molar-refractivity contribution in [3.63, 3.8) is 0 Å². The third-order valence-corrected chi connectivity index (χ3v) is 3.20. The lowest BCUT2D eigenvalue weighted by Gasteiger charge is -2.28. The van der Waals surface area contributed by atoms with Crippen LogP contribution in [0.5, 0.6) is 0 Å². The summed E-state index contributed by atoms with van der Waals surface area (Å²) in [5.41, 5.74) is 5.67. The standard InChI is InChI=1S/C11H22N4/c1-9(7-12)10(2)15(4)8-11-13-5-6-14(11)3/h5-6,9-10H,7-8,12H2,1-4H3. The van der Waals surface area contributed by atoms with Crippen molar-refractivity contribution >= 4 is 0 Å². The number of rotatable bonds is 5. The maximum absolute atomic E-state index is 5.67. The van der Waals surface area contributed by atoms with Crippen molar-refractivity contribution in [1.29, 1.82) is 0 Å². The highest BCUT2D eigenvalue weighted by Crippen LogP contribution is 2.10. The third-order valence-electron chi connectivity index (χ3n) is 3.20. The lowest BCUT2D eigenvalue weighted by molar-refractivity contribution is 0.189. The van der Waals surface area contributed by atoms with Crippen molar-refractivity contribution in [1.82, 2.24) is 14.5 Å². The molecular formula is C11H22N4. The molecule has 2 unspecified atom stereocenters. The second-order valence-electron chi connectivity index (χ2n) is 4.32. The van der Waals surface area contributed by atoms with Gasteiger partial charge in [-0.15, -0.1) is 0 Å². The fourth-order valence-electron chi connectivity index (χ4n) is 1.55.